The van der Waals surface area contributed by atoms with Crippen LogP contribution in [0.3, 0.4) is 0 Å². The molecule has 0 aliphatic carbocycles. The second-order valence-electron chi connectivity index (χ2n) is 5.58. The van der Waals surface area contributed by atoms with Gasteiger partial charge in [-0.05, 0) is 31.5 Å². The number of ether oxygens (including phenoxy) is 1. The summed E-state index contributed by atoms with van der Waals surface area (Å²) in [6.45, 7) is 3.60. The molecule has 134 valence electrons. The lowest BCUT2D eigenvalue weighted by Gasteiger charge is -2.14. The first-order valence-corrected chi connectivity index (χ1v) is 9.16. The van der Waals surface area contributed by atoms with Gasteiger partial charge >= 0.3 is 0 Å². The molecule has 8 heteroatoms. The number of sulfonamides is 1. The van der Waals surface area contributed by atoms with E-state index in [4.69, 9.17) is 4.74 Å². The quantitative estimate of drug-likeness (QED) is 0.775. The molecule has 0 unspecified atom stereocenters. The highest BCUT2D eigenvalue weighted by Crippen LogP contribution is 2.11. The second-order valence-corrected chi connectivity index (χ2v) is 7.30. The van der Waals surface area contributed by atoms with Crippen molar-refractivity contribution in [2.45, 2.75) is 31.3 Å². The maximum absolute atomic E-state index is 12.3. The summed E-state index contributed by atoms with van der Waals surface area (Å²) in [5, 5.41) is 2.67. The van der Waals surface area contributed by atoms with Gasteiger partial charge < -0.3 is 10.1 Å². The standard InChI is InChI=1S/C17H21N3O4S/c1-12-4-7-15(8-5-12)25(22,23)20-13(2)17(21)19-11-14-6-9-16(24-3)18-10-14/h4-10,13,20H,11H2,1-3H3,(H,19,21)/t13-/m0/s1. The van der Waals surface area contributed by atoms with Crippen molar-refractivity contribution in [3.05, 3.63) is 53.7 Å². The highest BCUT2D eigenvalue weighted by Gasteiger charge is 2.21. The maximum Gasteiger partial charge on any atom is 0.241 e. The van der Waals surface area contributed by atoms with Crippen molar-refractivity contribution in [2.75, 3.05) is 7.11 Å². The Morgan fingerprint density at radius 3 is 2.44 bits per heavy atom. The molecule has 0 radical (unpaired) electrons. The Balaban J connectivity index is 1.93. The van der Waals surface area contributed by atoms with E-state index < -0.39 is 22.0 Å². The molecule has 2 rings (SSSR count). The summed E-state index contributed by atoms with van der Waals surface area (Å²) < 4.78 is 31.9. The molecule has 0 aliphatic heterocycles. The third kappa shape index (κ3) is 5.27. The van der Waals surface area contributed by atoms with Crippen LogP contribution in [0.2, 0.25) is 0 Å². The molecule has 0 saturated heterocycles. The summed E-state index contributed by atoms with van der Waals surface area (Å²) in [6, 6.07) is 8.97. The highest BCUT2D eigenvalue weighted by molar-refractivity contribution is 7.89. The Kier molecular flexibility index (Phi) is 6.11. The van der Waals surface area contributed by atoms with E-state index in [0.29, 0.717) is 5.88 Å². The number of carbonyl (C=O) groups is 1. The summed E-state index contributed by atoms with van der Waals surface area (Å²) in [4.78, 5) is 16.3. The molecule has 7 nitrogen and oxygen atoms in total. The summed E-state index contributed by atoms with van der Waals surface area (Å²) in [6.07, 6.45) is 1.58. The van der Waals surface area contributed by atoms with Crippen molar-refractivity contribution in [3.63, 3.8) is 0 Å². The second kappa shape index (κ2) is 8.09. The third-order valence-electron chi connectivity index (χ3n) is 3.53. The number of carbonyl (C=O) groups excluding carboxylic acids is 1. The first kappa shape index (κ1) is 18.9. The Morgan fingerprint density at radius 2 is 1.88 bits per heavy atom. The van der Waals surface area contributed by atoms with Crippen LogP contribution < -0.4 is 14.8 Å². The molecule has 0 fully saturated rings. The number of nitrogens with one attached hydrogen (secondary N) is 2. The third-order valence-corrected chi connectivity index (χ3v) is 5.09. The van der Waals surface area contributed by atoms with Gasteiger partial charge in [0.05, 0.1) is 18.0 Å². The molecule has 1 aromatic carbocycles. The van der Waals surface area contributed by atoms with Crippen molar-refractivity contribution in [1.29, 1.82) is 0 Å². The Labute approximate surface area is 147 Å². The molecule has 0 aliphatic rings. The first-order valence-electron chi connectivity index (χ1n) is 7.67. The molecule has 2 N–H and O–H groups in total. The summed E-state index contributed by atoms with van der Waals surface area (Å²) >= 11 is 0. The molecule has 2 aromatic rings. The van der Waals surface area contributed by atoms with Crippen molar-refractivity contribution in [2.24, 2.45) is 0 Å². The summed E-state index contributed by atoms with van der Waals surface area (Å²) in [7, 11) is -2.23. The van der Waals surface area contributed by atoms with Gasteiger partial charge in [0.2, 0.25) is 21.8 Å². The van der Waals surface area contributed by atoms with E-state index in [9.17, 15) is 13.2 Å². The maximum atomic E-state index is 12.3. The number of benzene rings is 1. The lowest BCUT2D eigenvalue weighted by molar-refractivity contribution is -0.122. The fourth-order valence-electron chi connectivity index (χ4n) is 2.05. The topological polar surface area (TPSA) is 97.4 Å². The first-order chi connectivity index (χ1) is 11.8. The largest absolute Gasteiger partial charge is 0.481 e. The monoisotopic (exact) mass is 363 g/mol. The van der Waals surface area contributed by atoms with Crippen LogP contribution >= 0.6 is 0 Å². The molecule has 0 saturated carbocycles. The van der Waals surface area contributed by atoms with Crippen LogP contribution in [0, 0.1) is 6.92 Å². The van der Waals surface area contributed by atoms with Gasteiger partial charge in [-0.1, -0.05) is 23.8 Å². The van der Waals surface area contributed by atoms with E-state index in [-0.39, 0.29) is 11.4 Å². The SMILES string of the molecule is COc1ccc(CNC(=O)[C@H](C)NS(=O)(=O)c2ccc(C)cc2)cn1. The average molecular weight is 363 g/mol. The number of rotatable bonds is 7. The van der Waals surface area contributed by atoms with E-state index in [1.165, 1.54) is 26.2 Å². The average Bonchev–Trinajstić information content (AvgIpc) is 2.60. The minimum atomic E-state index is -3.75. The lowest BCUT2D eigenvalue weighted by Crippen LogP contribution is -2.44. The lowest BCUT2D eigenvalue weighted by atomic mass is 10.2. The number of aromatic nitrogens is 1. The molecular formula is C17H21N3O4S. The predicted octanol–water partition coefficient (Wildman–Crippen LogP) is 1.38. The zero-order chi connectivity index (χ0) is 18.4. The van der Waals surface area contributed by atoms with Gasteiger partial charge in [0, 0.05) is 18.8 Å². The Morgan fingerprint density at radius 1 is 1.20 bits per heavy atom. The van der Waals surface area contributed by atoms with E-state index in [0.717, 1.165) is 11.1 Å². The van der Waals surface area contributed by atoms with Crippen molar-refractivity contribution in [3.8, 4) is 5.88 Å². The number of methoxy groups -OCH3 is 1. The molecule has 1 heterocycles. The normalized spacial score (nSPS) is 12.4. The van der Waals surface area contributed by atoms with Crippen LogP contribution in [-0.4, -0.2) is 32.5 Å². The number of aryl methyl sites for hydroxylation is 1. The van der Waals surface area contributed by atoms with E-state index >= 15 is 0 Å². The zero-order valence-corrected chi connectivity index (χ0v) is 15.1. The van der Waals surface area contributed by atoms with Crippen LogP contribution in [0.1, 0.15) is 18.1 Å². The van der Waals surface area contributed by atoms with Crippen molar-refractivity contribution in [1.82, 2.24) is 15.0 Å². The van der Waals surface area contributed by atoms with Crippen LogP contribution in [0.15, 0.2) is 47.5 Å². The summed E-state index contributed by atoms with van der Waals surface area (Å²) in [5.74, 6) is 0.0563. The smallest absolute Gasteiger partial charge is 0.241 e. The van der Waals surface area contributed by atoms with Gasteiger partial charge in [-0.25, -0.2) is 13.4 Å². The van der Waals surface area contributed by atoms with Gasteiger partial charge in [-0.3, -0.25) is 4.79 Å². The minimum absolute atomic E-state index is 0.122. The minimum Gasteiger partial charge on any atom is -0.481 e. The van der Waals surface area contributed by atoms with Crippen LogP contribution in [0.25, 0.3) is 0 Å². The van der Waals surface area contributed by atoms with Crippen molar-refractivity contribution < 1.29 is 17.9 Å². The van der Waals surface area contributed by atoms with E-state index in [2.05, 4.69) is 15.0 Å². The van der Waals surface area contributed by atoms with Gasteiger partial charge in [0.25, 0.3) is 0 Å². The van der Waals surface area contributed by atoms with Gasteiger partial charge in [-0.15, -0.1) is 0 Å². The van der Waals surface area contributed by atoms with Gasteiger partial charge in [0.15, 0.2) is 0 Å². The molecular weight excluding hydrogens is 342 g/mol. The zero-order valence-electron chi connectivity index (χ0n) is 14.3. The molecule has 0 spiro atoms. The van der Waals surface area contributed by atoms with Crippen molar-refractivity contribution >= 4 is 15.9 Å². The predicted molar refractivity (Wildman–Crippen MR) is 93.6 cm³/mol. The number of nitrogens with zero attached hydrogens (tertiary/aromatic N) is 1. The van der Waals surface area contributed by atoms with E-state index in [1.54, 1.807) is 30.5 Å². The fourth-order valence-corrected chi connectivity index (χ4v) is 3.25. The van der Waals surface area contributed by atoms with Gasteiger partial charge in [-0.2, -0.15) is 4.72 Å². The van der Waals surface area contributed by atoms with Crippen LogP contribution in [0.5, 0.6) is 5.88 Å². The number of hydrogen-bond acceptors (Lipinski definition) is 5. The van der Waals surface area contributed by atoms with Crippen LogP contribution in [0.4, 0.5) is 0 Å². The van der Waals surface area contributed by atoms with Gasteiger partial charge in [0.1, 0.15) is 0 Å². The number of hydrogen-bond donors (Lipinski definition) is 2. The molecule has 1 aromatic heterocycles. The number of amides is 1. The molecule has 25 heavy (non-hydrogen) atoms. The molecule has 1 atom stereocenters. The molecule has 1 amide bonds. The van der Waals surface area contributed by atoms with Crippen LogP contribution in [-0.2, 0) is 21.4 Å². The Bertz CT molecular complexity index is 818. The molecule has 0 bridgehead atoms. The van der Waals surface area contributed by atoms with E-state index in [1.807, 2.05) is 6.92 Å². The summed E-state index contributed by atoms with van der Waals surface area (Å²) in [5.41, 5.74) is 1.74. The number of pyridine rings is 1. The highest BCUT2D eigenvalue weighted by atomic mass is 32.2. The fraction of sp³-hybridized carbons (Fsp3) is 0.294. The Hall–Kier alpha value is -2.45.